The van der Waals surface area contributed by atoms with E-state index in [-0.39, 0.29) is 0 Å². The Hall–Kier alpha value is -0.930. The minimum Gasteiger partial charge on any atom is -0.397 e. The zero-order chi connectivity index (χ0) is 9.26. The molecule has 0 aliphatic carbocycles. The number of hydrogen-bond acceptors (Lipinski definition) is 3. The van der Waals surface area contributed by atoms with E-state index in [9.17, 15) is 0 Å². The average molecular weight is 199 g/mol. The first kappa shape index (κ1) is 8.66. The van der Waals surface area contributed by atoms with Gasteiger partial charge in [-0.25, -0.2) is 0 Å². The van der Waals surface area contributed by atoms with Crippen LogP contribution in [0, 0.1) is 0 Å². The summed E-state index contributed by atoms with van der Waals surface area (Å²) >= 11 is 5.78. The van der Waals surface area contributed by atoms with Crippen molar-refractivity contribution >= 4 is 23.0 Å². The summed E-state index contributed by atoms with van der Waals surface area (Å²) in [4.78, 5) is 5.37. The summed E-state index contributed by atoms with van der Waals surface area (Å²) in [7, 11) is 0. The fourth-order valence-electron chi connectivity index (χ4n) is 1.39. The lowest BCUT2D eigenvalue weighted by Crippen LogP contribution is -2.17. The van der Waals surface area contributed by atoms with Gasteiger partial charge in [-0.1, -0.05) is 11.6 Å². The van der Waals surface area contributed by atoms with Crippen molar-refractivity contribution in [1.82, 2.24) is 0 Å². The van der Waals surface area contributed by atoms with Gasteiger partial charge in [0, 0.05) is 11.6 Å². The molecule has 3 nitrogen and oxygen atoms in total. The van der Waals surface area contributed by atoms with Crippen LogP contribution in [0.15, 0.2) is 18.2 Å². The average Bonchev–Trinajstić information content (AvgIpc) is 2.56. The first-order valence-corrected chi connectivity index (χ1v) is 4.60. The fraction of sp³-hybridized carbons (Fsp3) is 0.333. The lowest BCUT2D eigenvalue weighted by atomic mass is 10.2. The third-order valence-corrected chi connectivity index (χ3v) is 2.25. The van der Waals surface area contributed by atoms with E-state index in [1.165, 1.54) is 0 Å². The zero-order valence-electron chi connectivity index (χ0n) is 7.16. The molecule has 4 heteroatoms. The molecule has 0 spiro atoms. The second kappa shape index (κ2) is 3.44. The Bertz CT molecular complexity index is 310. The quantitative estimate of drug-likeness (QED) is 0.703. The standard InChI is InChI=1S/C9H11ClN2O/c10-7-2-3-9(8(11)6-7)12-4-1-5-13-12/h2-3,6H,1,4-5,11H2. The predicted octanol–water partition coefficient (Wildman–Crippen LogP) is 2.06. The van der Waals surface area contributed by atoms with Crippen LogP contribution in [-0.4, -0.2) is 13.2 Å². The molecule has 1 aliphatic heterocycles. The van der Waals surface area contributed by atoms with Crippen molar-refractivity contribution in [2.45, 2.75) is 6.42 Å². The summed E-state index contributed by atoms with van der Waals surface area (Å²) in [6.45, 7) is 1.66. The first-order chi connectivity index (χ1) is 6.27. The van der Waals surface area contributed by atoms with Crippen LogP contribution in [0.4, 0.5) is 11.4 Å². The van der Waals surface area contributed by atoms with Crippen LogP contribution in [0.3, 0.4) is 0 Å². The third kappa shape index (κ3) is 1.71. The van der Waals surface area contributed by atoms with Gasteiger partial charge in [0.15, 0.2) is 0 Å². The number of nitrogen functional groups attached to an aromatic ring is 1. The molecule has 0 saturated carbocycles. The van der Waals surface area contributed by atoms with Gasteiger partial charge in [0.25, 0.3) is 0 Å². The molecule has 0 radical (unpaired) electrons. The van der Waals surface area contributed by atoms with Gasteiger partial charge in [-0.15, -0.1) is 0 Å². The smallest absolute Gasteiger partial charge is 0.0866 e. The molecular formula is C9H11ClN2O. The number of hydroxylamine groups is 1. The second-order valence-corrected chi connectivity index (χ2v) is 3.43. The minimum atomic E-state index is 0.653. The fourth-order valence-corrected chi connectivity index (χ4v) is 1.57. The van der Waals surface area contributed by atoms with Crippen molar-refractivity contribution < 1.29 is 4.84 Å². The van der Waals surface area contributed by atoms with Crippen LogP contribution < -0.4 is 10.8 Å². The Balaban J connectivity index is 2.29. The number of nitrogens with two attached hydrogens (primary N) is 1. The third-order valence-electron chi connectivity index (χ3n) is 2.01. The predicted molar refractivity (Wildman–Crippen MR) is 53.8 cm³/mol. The molecule has 1 aromatic rings. The molecule has 0 bridgehead atoms. The molecule has 0 unspecified atom stereocenters. The van der Waals surface area contributed by atoms with E-state index < -0.39 is 0 Å². The van der Waals surface area contributed by atoms with E-state index in [0.29, 0.717) is 10.7 Å². The highest BCUT2D eigenvalue weighted by atomic mass is 35.5. The summed E-state index contributed by atoms with van der Waals surface area (Å²) in [5.41, 5.74) is 7.36. The molecule has 2 N–H and O–H groups in total. The maximum Gasteiger partial charge on any atom is 0.0866 e. The van der Waals surface area contributed by atoms with Crippen LogP contribution in [-0.2, 0) is 4.84 Å². The first-order valence-electron chi connectivity index (χ1n) is 4.23. The number of rotatable bonds is 1. The van der Waals surface area contributed by atoms with Crippen molar-refractivity contribution in [3.8, 4) is 0 Å². The van der Waals surface area contributed by atoms with Crippen LogP contribution in [0.25, 0.3) is 0 Å². The Kier molecular flexibility index (Phi) is 2.29. The van der Waals surface area contributed by atoms with Crippen molar-refractivity contribution in [1.29, 1.82) is 0 Å². The van der Waals surface area contributed by atoms with Crippen LogP contribution in [0.5, 0.6) is 0 Å². The minimum absolute atomic E-state index is 0.653. The Morgan fingerprint density at radius 3 is 2.92 bits per heavy atom. The van der Waals surface area contributed by atoms with Crippen LogP contribution >= 0.6 is 11.6 Å². The highest BCUT2D eigenvalue weighted by Crippen LogP contribution is 2.28. The molecule has 0 aromatic heterocycles. The summed E-state index contributed by atoms with van der Waals surface area (Å²) in [5, 5.41) is 2.46. The lowest BCUT2D eigenvalue weighted by Gasteiger charge is -2.17. The Morgan fingerprint density at radius 1 is 1.46 bits per heavy atom. The number of benzene rings is 1. The number of halogens is 1. The summed E-state index contributed by atoms with van der Waals surface area (Å²) in [5.74, 6) is 0. The SMILES string of the molecule is Nc1cc(Cl)ccc1N1CCCO1. The van der Waals surface area contributed by atoms with E-state index in [1.54, 1.807) is 6.07 Å². The monoisotopic (exact) mass is 198 g/mol. The number of hydrogen-bond donors (Lipinski definition) is 1. The number of anilines is 2. The lowest BCUT2D eigenvalue weighted by molar-refractivity contribution is 0.168. The summed E-state index contributed by atoms with van der Waals surface area (Å²) in [6, 6.07) is 5.43. The molecule has 13 heavy (non-hydrogen) atoms. The number of nitrogens with zero attached hydrogens (tertiary/aromatic N) is 1. The van der Waals surface area contributed by atoms with E-state index in [4.69, 9.17) is 22.2 Å². The molecular weight excluding hydrogens is 188 g/mol. The van der Waals surface area contributed by atoms with Gasteiger partial charge in [-0.3, -0.25) is 9.90 Å². The van der Waals surface area contributed by atoms with E-state index >= 15 is 0 Å². The molecule has 70 valence electrons. The Morgan fingerprint density at radius 2 is 2.31 bits per heavy atom. The molecule has 1 saturated heterocycles. The largest absolute Gasteiger partial charge is 0.397 e. The van der Waals surface area contributed by atoms with Crippen LogP contribution in [0.1, 0.15) is 6.42 Å². The molecule has 1 fully saturated rings. The van der Waals surface area contributed by atoms with Gasteiger partial charge in [0.05, 0.1) is 18.0 Å². The van der Waals surface area contributed by atoms with Crippen molar-refractivity contribution in [2.24, 2.45) is 0 Å². The van der Waals surface area contributed by atoms with E-state index in [1.807, 2.05) is 17.2 Å². The molecule has 0 amide bonds. The molecule has 2 rings (SSSR count). The topological polar surface area (TPSA) is 38.5 Å². The molecule has 0 atom stereocenters. The Labute approximate surface area is 82.0 Å². The van der Waals surface area contributed by atoms with Crippen LogP contribution in [0.2, 0.25) is 5.02 Å². The van der Waals surface area contributed by atoms with Gasteiger partial charge in [0.2, 0.25) is 0 Å². The van der Waals surface area contributed by atoms with Crippen molar-refractivity contribution in [2.75, 3.05) is 23.9 Å². The zero-order valence-corrected chi connectivity index (χ0v) is 7.92. The van der Waals surface area contributed by atoms with Gasteiger partial charge < -0.3 is 5.73 Å². The highest BCUT2D eigenvalue weighted by Gasteiger charge is 2.15. The van der Waals surface area contributed by atoms with E-state index in [0.717, 1.165) is 25.3 Å². The van der Waals surface area contributed by atoms with Gasteiger partial charge in [0.1, 0.15) is 0 Å². The maximum atomic E-state index is 5.80. The maximum absolute atomic E-state index is 5.80. The normalized spacial score (nSPS) is 16.5. The summed E-state index contributed by atoms with van der Waals surface area (Å²) < 4.78 is 0. The van der Waals surface area contributed by atoms with Gasteiger partial charge in [-0.2, -0.15) is 0 Å². The second-order valence-electron chi connectivity index (χ2n) is 2.99. The molecule has 1 aliphatic rings. The summed E-state index contributed by atoms with van der Waals surface area (Å²) in [6.07, 6.45) is 1.04. The van der Waals surface area contributed by atoms with Crippen molar-refractivity contribution in [3.63, 3.8) is 0 Å². The van der Waals surface area contributed by atoms with E-state index in [2.05, 4.69) is 0 Å². The molecule has 1 heterocycles. The van der Waals surface area contributed by atoms with Gasteiger partial charge >= 0.3 is 0 Å². The molecule has 1 aromatic carbocycles. The highest BCUT2D eigenvalue weighted by molar-refractivity contribution is 6.31. The van der Waals surface area contributed by atoms with Gasteiger partial charge in [-0.05, 0) is 24.6 Å². The van der Waals surface area contributed by atoms with Crippen molar-refractivity contribution in [3.05, 3.63) is 23.2 Å².